The van der Waals surface area contributed by atoms with Crippen LogP contribution in [-0.2, 0) is 32.7 Å². The van der Waals surface area contributed by atoms with E-state index in [0.717, 1.165) is 96.3 Å². The Balaban J connectivity index is 4.33. The highest BCUT2D eigenvalue weighted by Gasteiger charge is 2.27. The number of esters is 2. The normalized spacial score (nSPS) is 14.5. The first-order valence-electron chi connectivity index (χ1n) is 20.2. The third kappa shape index (κ3) is 39.0. The minimum atomic E-state index is -4.37. The molecule has 0 saturated heterocycles. The predicted molar refractivity (Wildman–Crippen MR) is 219 cm³/mol. The molecule has 9 nitrogen and oxygen atoms in total. The number of phosphoric acid groups is 1. The molecule has 0 radical (unpaired) electrons. The minimum Gasteiger partial charge on any atom is -0.462 e. The number of hydrogen-bond acceptors (Lipinski definition) is 7. The zero-order valence-electron chi connectivity index (χ0n) is 34.0. The van der Waals surface area contributed by atoms with Gasteiger partial charge in [0.25, 0.3) is 0 Å². The topological polar surface area (TPSA) is 108 Å². The van der Waals surface area contributed by atoms with Crippen LogP contribution in [0.4, 0.5) is 0 Å². The molecule has 0 aliphatic rings. The second kappa shape index (κ2) is 35.2. The summed E-state index contributed by atoms with van der Waals surface area (Å²) in [7, 11) is 1.44. The van der Waals surface area contributed by atoms with E-state index in [9.17, 15) is 19.0 Å². The van der Waals surface area contributed by atoms with Crippen molar-refractivity contribution >= 4 is 19.8 Å². The molecule has 0 heterocycles. The Morgan fingerprint density at radius 3 is 1.60 bits per heavy atom. The van der Waals surface area contributed by atoms with E-state index in [1.54, 1.807) is 0 Å². The summed E-state index contributed by atoms with van der Waals surface area (Å²) in [5.41, 5.74) is 0. The Hall–Kier alpha value is -2.55. The number of rotatable bonds is 35. The Morgan fingerprint density at radius 2 is 1.08 bits per heavy atom. The number of nitrogens with zero attached hydrogens (tertiary/aromatic N) is 1. The molecule has 304 valence electrons. The number of likely N-dealkylation sites (N-methyl/N-ethyl adjacent to an activating group) is 1. The molecule has 0 aromatic carbocycles. The fraction of sp³-hybridized carbons (Fsp3) is 0.674. The van der Waals surface area contributed by atoms with Crippen LogP contribution in [0.5, 0.6) is 0 Å². The van der Waals surface area contributed by atoms with Gasteiger partial charge in [-0.2, -0.15) is 0 Å². The summed E-state index contributed by atoms with van der Waals surface area (Å²) in [6.45, 7) is 4.17. The van der Waals surface area contributed by atoms with Gasteiger partial charge in [0, 0.05) is 12.8 Å². The molecule has 0 amide bonds. The lowest BCUT2D eigenvalue weighted by atomic mass is 10.1. The van der Waals surface area contributed by atoms with E-state index < -0.39 is 26.5 Å². The van der Waals surface area contributed by atoms with Gasteiger partial charge in [0.05, 0.1) is 27.7 Å². The van der Waals surface area contributed by atoms with Crippen molar-refractivity contribution in [3.63, 3.8) is 0 Å². The lowest BCUT2D eigenvalue weighted by Crippen LogP contribution is -2.37. The third-order valence-corrected chi connectivity index (χ3v) is 8.99. The average molecular weight is 765 g/mol. The van der Waals surface area contributed by atoms with Crippen LogP contribution in [0.3, 0.4) is 0 Å². The van der Waals surface area contributed by atoms with Crippen LogP contribution in [0.15, 0.2) is 72.9 Å². The van der Waals surface area contributed by atoms with Gasteiger partial charge in [-0.05, 0) is 64.2 Å². The van der Waals surface area contributed by atoms with Crippen molar-refractivity contribution in [3.05, 3.63) is 72.9 Å². The van der Waals surface area contributed by atoms with E-state index >= 15 is 0 Å². The van der Waals surface area contributed by atoms with Crippen molar-refractivity contribution in [2.24, 2.45) is 0 Å². The van der Waals surface area contributed by atoms with Gasteiger partial charge in [0.2, 0.25) is 0 Å². The average Bonchev–Trinajstić information content (AvgIpc) is 3.10. The molecule has 10 heteroatoms. The maximum atomic E-state index is 12.6. The number of unbranched alkanes of at least 4 members (excludes halogenated alkanes) is 9. The lowest BCUT2D eigenvalue weighted by molar-refractivity contribution is -0.870. The molecule has 2 atom stereocenters. The molecule has 1 N–H and O–H groups in total. The van der Waals surface area contributed by atoms with E-state index in [0.29, 0.717) is 17.4 Å². The molecule has 0 aromatic heterocycles. The van der Waals surface area contributed by atoms with E-state index in [1.165, 1.54) is 6.42 Å². The van der Waals surface area contributed by atoms with E-state index in [4.69, 9.17) is 18.5 Å². The van der Waals surface area contributed by atoms with Gasteiger partial charge in [-0.25, -0.2) is 4.57 Å². The van der Waals surface area contributed by atoms with Crippen LogP contribution in [0, 0.1) is 0 Å². The van der Waals surface area contributed by atoms with Gasteiger partial charge < -0.3 is 18.9 Å². The van der Waals surface area contributed by atoms with Crippen molar-refractivity contribution in [2.75, 3.05) is 47.5 Å². The number of carbonyl (C=O) groups excluding carboxylic acids is 2. The fourth-order valence-electron chi connectivity index (χ4n) is 4.84. The highest BCUT2D eigenvalue weighted by molar-refractivity contribution is 7.47. The predicted octanol–water partition coefficient (Wildman–Crippen LogP) is 11.1. The molecule has 0 aliphatic heterocycles. The molecule has 0 bridgehead atoms. The van der Waals surface area contributed by atoms with Crippen molar-refractivity contribution < 1.29 is 42.1 Å². The largest absolute Gasteiger partial charge is 0.472 e. The summed E-state index contributed by atoms with van der Waals surface area (Å²) < 4.78 is 34.0. The highest BCUT2D eigenvalue weighted by Crippen LogP contribution is 2.43. The SMILES string of the molecule is CC/C=C\C/C=C\C/C=C\C/C=C\C/C=C\C/C=C\CCCCCCC(=O)OC(COC(=O)CCCCCCCC)COP(=O)(O)OCC[N+](C)(C)C. The van der Waals surface area contributed by atoms with Gasteiger partial charge in [-0.1, -0.05) is 132 Å². The summed E-state index contributed by atoms with van der Waals surface area (Å²) in [5.74, 6) is -0.846. The molecule has 53 heavy (non-hydrogen) atoms. The molecular weight excluding hydrogens is 689 g/mol. The van der Waals surface area contributed by atoms with Crippen molar-refractivity contribution in [1.29, 1.82) is 0 Å². The second-order valence-corrected chi connectivity index (χ2v) is 15.7. The summed E-state index contributed by atoms with van der Waals surface area (Å²) in [6.07, 6.45) is 42.7. The smallest absolute Gasteiger partial charge is 0.462 e. The van der Waals surface area contributed by atoms with Crippen LogP contribution >= 0.6 is 7.82 Å². The van der Waals surface area contributed by atoms with Crippen LogP contribution < -0.4 is 0 Å². The first-order valence-corrected chi connectivity index (χ1v) is 21.7. The maximum Gasteiger partial charge on any atom is 0.472 e. The fourth-order valence-corrected chi connectivity index (χ4v) is 5.58. The number of phosphoric ester groups is 1. The summed E-state index contributed by atoms with van der Waals surface area (Å²) >= 11 is 0. The third-order valence-electron chi connectivity index (χ3n) is 8.00. The molecule has 0 aliphatic carbocycles. The monoisotopic (exact) mass is 765 g/mol. The Bertz CT molecular complexity index is 1140. The number of ether oxygens (including phenoxy) is 2. The highest BCUT2D eigenvalue weighted by atomic mass is 31.2. The molecule has 2 unspecified atom stereocenters. The van der Waals surface area contributed by atoms with E-state index in [2.05, 4.69) is 86.8 Å². The molecule has 0 rings (SSSR count). The maximum absolute atomic E-state index is 12.6. The van der Waals surface area contributed by atoms with Crippen molar-refractivity contribution in [1.82, 2.24) is 0 Å². The standard InChI is InChI=1S/C43H74NO8P/c1-6-8-10-12-14-15-16-17-18-19-20-21-22-23-24-25-26-27-28-29-30-32-34-36-43(46)52-41(39-49-42(45)35-33-31-13-11-9-7-2)40-51-53(47,48)50-38-37-44(3,4)5/h8,10,14-15,17-18,20-21,23-24,26-27,41H,6-7,9,11-13,16,19,22,25,28-40H2,1-5H3/p+1/b10-8-,15-14-,18-17-,21-20-,24-23-,27-26-. The van der Waals surface area contributed by atoms with Crippen molar-refractivity contribution in [3.8, 4) is 0 Å². The second-order valence-electron chi connectivity index (χ2n) is 14.3. The van der Waals surface area contributed by atoms with Gasteiger partial charge in [-0.15, -0.1) is 0 Å². The Kier molecular flexibility index (Phi) is 33.5. The number of hydrogen-bond donors (Lipinski definition) is 1. The molecule has 0 saturated carbocycles. The van der Waals surface area contributed by atoms with Gasteiger partial charge in [0.1, 0.15) is 19.8 Å². The lowest BCUT2D eigenvalue weighted by Gasteiger charge is -2.24. The minimum absolute atomic E-state index is 0.0229. The summed E-state index contributed by atoms with van der Waals surface area (Å²) in [6, 6.07) is 0. The Labute approximate surface area is 323 Å². The number of carbonyl (C=O) groups is 2. The first-order chi connectivity index (χ1) is 25.5. The molecule has 0 fully saturated rings. The van der Waals surface area contributed by atoms with Crippen LogP contribution in [0.2, 0.25) is 0 Å². The number of allylic oxidation sites excluding steroid dienone is 12. The molecular formula is C43H75NO8P+. The number of quaternary nitrogens is 1. The zero-order chi connectivity index (χ0) is 39.3. The van der Waals surface area contributed by atoms with Crippen LogP contribution in [-0.4, -0.2) is 74.9 Å². The van der Waals surface area contributed by atoms with Gasteiger partial charge in [0.15, 0.2) is 6.10 Å². The van der Waals surface area contributed by atoms with E-state index in [1.807, 2.05) is 21.1 Å². The zero-order valence-corrected chi connectivity index (χ0v) is 34.9. The van der Waals surface area contributed by atoms with Gasteiger partial charge in [-0.3, -0.25) is 18.6 Å². The van der Waals surface area contributed by atoms with Crippen LogP contribution in [0.25, 0.3) is 0 Å². The molecule has 0 spiro atoms. The first kappa shape index (κ1) is 50.5. The molecule has 0 aromatic rings. The quantitative estimate of drug-likeness (QED) is 0.0223. The van der Waals surface area contributed by atoms with E-state index in [-0.39, 0.29) is 32.0 Å². The summed E-state index contributed by atoms with van der Waals surface area (Å²) in [5, 5.41) is 0. The van der Waals surface area contributed by atoms with Crippen LogP contribution in [0.1, 0.15) is 136 Å². The Morgan fingerprint density at radius 1 is 0.604 bits per heavy atom. The summed E-state index contributed by atoms with van der Waals surface area (Å²) in [4.78, 5) is 35.0. The van der Waals surface area contributed by atoms with Gasteiger partial charge >= 0.3 is 19.8 Å². The van der Waals surface area contributed by atoms with Crippen molar-refractivity contribution in [2.45, 2.75) is 142 Å².